The van der Waals surface area contributed by atoms with Crippen LogP contribution < -0.4 is 10.7 Å². The Balaban J connectivity index is 1.84. The zero-order chi connectivity index (χ0) is 15.0. The zero-order valence-electron chi connectivity index (χ0n) is 12.0. The summed E-state index contributed by atoms with van der Waals surface area (Å²) in [5, 5.41) is 2.94. The van der Waals surface area contributed by atoms with E-state index in [1.54, 1.807) is 13.1 Å². The van der Waals surface area contributed by atoms with E-state index in [9.17, 15) is 9.59 Å². The average molecular weight is 287 g/mol. The summed E-state index contributed by atoms with van der Waals surface area (Å²) in [6.45, 7) is 1.65. The number of carbonyl (C=O) groups is 1. The highest BCUT2D eigenvalue weighted by Crippen LogP contribution is 2.40. The number of nitrogens with one attached hydrogen (secondary N) is 1. The van der Waals surface area contributed by atoms with Gasteiger partial charge in [-0.1, -0.05) is 0 Å². The largest absolute Gasteiger partial charge is 0.456 e. The van der Waals surface area contributed by atoms with Gasteiger partial charge < -0.3 is 14.3 Å². The molecule has 110 valence electrons. The molecule has 2 heterocycles. The van der Waals surface area contributed by atoms with Crippen LogP contribution in [0.1, 0.15) is 41.0 Å². The molecule has 2 aromatic heterocycles. The molecule has 1 fully saturated rings. The second-order valence-electron chi connectivity index (χ2n) is 5.45. The maximum absolute atomic E-state index is 12.3. The minimum absolute atomic E-state index is 0.0415. The third-order valence-electron chi connectivity index (χ3n) is 3.63. The van der Waals surface area contributed by atoms with E-state index in [1.165, 1.54) is 12.1 Å². The van der Waals surface area contributed by atoms with Crippen LogP contribution in [0.5, 0.6) is 0 Å². The monoisotopic (exact) mass is 287 g/mol. The second-order valence-corrected chi connectivity index (χ2v) is 5.45. The molecule has 6 heteroatoms. The normalized spacial score (nSPS) is 15.7. The standard InChI is InChI=1S/C15H17N3O3/c1-9-7-11(19)8-12(21-9)15(20)17-13(10-3-4-10)14-16-5-6-18(14)2/h5-8,10,13H,3-4H2,1-2H3,(H,17,20). The van der Waals surface area contributed by atoms with E-state index in [-0.39, 0.29) is 23.1 Å². The Morgan fingerprint density at radius 1 is 1.48 bits per heavy atom. The van der Waals surface area contributed by atoms with Crippen LogP contribution >= 0.6 is 0 Å². The molecular weight excluding hydrogens is 270 g/mol. The van der Waals surface area contributed by atoms with Gasteiger partial charge in [-0.15, -0.1) is 0 Å². The van der Waals surface area contributed by atoms with E-state index in [0.717, 1.165) is 18.7 Å². The lowest BCUT2D eigenvalue weighted by Gasteiger charge is -2.17. The first kappa shape index (κ1) is 13.6. The summed E-state index contributed by atoms with van der Waals surface area (Å²) >= 11 is 0. The van der Waals surface area contributed by atoms with Crippen LogP contribution in [-0.2, 0) is 7.05 Å². The first-order valence-corrected chi connectivity index (χ1v) is 6.94. The van der Waals surface area contributed by atoms with E-state index < -0.39 is 0 Å². The van der Waals surface area contributed by atoms with Gasteiger partial charge in [0.05, 0.1) is 6.04 Å². The third kappa shape index (κ3) is 2.89. The van der Waals surface area contributed by atoms with E-state index >= 15 is 0 Å². The topological polar surface area (TPSA) is 77.1 Å². The Bertz CT molecular complexity index is 728. The summed E-state index contributed by atoms with van der Waals surface area (Å²) in [7, 11) is 1.90. The fourth-order valence-electron chi connectivity index (χ4n) is 2.43. The van der Waals surface area contributed by atoms with Crippen LogP contribution in [0.2, 0.25) is 0 Å². The molecule has 1 amide bonds. The highest BCUT2D eigenvalue weighted by Gasteiger charge is 2.36. The molecule has 0 radical (unpaired) electrons. The van der Waals surface area contributed by atoms with Crippen molar-refractivity contribution in [2.75, 3.05) is 0 Å². The molecule has 21 heavy (non-hydrogen) atoms. The molecule has 0 saturated heterocycles. The SMILES string of the molecule is Cc1cc(=O)cc(C(=O)NC(c2nccn2C)C2CC2)o1. The molecule has 3 rings (SSSR count). The van der Waals surface area contributed by atoms with Crippen LogP contribution in [0, 0.1) is 12.8 Å². The van der Waals surface area contributed by atoms with Crippen LogP contribution in [0.25, 0.3) is 0 Å². The molecule has 1 aliphatic carbocycles. The van der Waals surface area contributed by atoms with Gasteiger partial charge >= 0.3 is 0 Å². The molecule has 0 bridgehead atoms. The average Bonchev–Trinajstić information content (AvgIpc) is 3.17. The number of aryl methyl sites for hydroxylation is 2. The molecule has 1 N–H and O–H groups in total. The summed E-state index contributed by atoms with van der Waals surface area (Å²) in [5.41, 5.74) is -0.233. The number of hydrogen-bond donors (Lipinski definition) is 1. The maximum atomic E-state index is 12.3. The van der Waals surface area contributed by atoms with Crippen molar-refractivity contribution in [3.63, 3.8) is 0 Å². The van der Waals surface area contributed by atoms with E-state index in [4.69, 9.17) is 4.42 Å². The lowest BCUT2D eigenvalue weighted by atomic mass is 10.1. The summed E-state index contributed by atoms with van der Waals surface area (Å²) in [4.78, 5) is 28.1. The number of carbonyl (C=O) groups excluding carboxylic acids is 1. The minimum atomic E-state index is -0.379. The van der Waals surface area contributed by atoms with Crippen molar-refractivity contribution in [2.24, 2.45) is 13.0 Å². The smallest absolute Gasteiger partial charge is 0.287 e. The predicted molar refractivity (Wildman–Crippen MR) is 75.9 cm³/mol. The van der Waals surface area contributed by atoms with Crippen LogP contribution in [0.15, 0.2) is 33.7 Å². The maximum Gasteiger partial charge on any atom is 0.287 e. The number of rotatable bonds is 4. The molecule has 1 aliphatic rings. The molecule has 0 aromatic carbocycles. The van der Waals surface area contributed by atoms with Gasteiger partial charge in [-0.05, 0) is 25.7 Å². The molecular formula is C15H17N3O3. The van der Waals surface area contributed by atoms with Crippen LogP contribution in [0.4, 0.5) is 0 Å². The van der Waals surface area contributed by atoms with Crippen molar-refractivity contribution in [3.8, 4) is 0 Å². The van der Waals surface area contributed by atoms with Gasteiger partial charge in [0.25, 0.3) is 5.91 Å². The van der Waals surface area contributed by atoms with E-state index in [0.29, 0.717) is 11.7 Å². The van der Waals surface area contributed by atoms with Gasteiger partial charge in [0, 0.05) is 31.6 Å². The first-order chi connectivity index (χ1) is 10.0. The van der Waals surface area contributed by atoms with Crippen molar-refractivity contribution in [1.82, 2.24) is 14.9 Å². The minimum Gasteiger partial charge on any atom is -0.456 e. The van der Waals surface area contributed by atoms with Crippen molar-refractivity contribution >= 4 is 5.91 Å². The quantitative estimate of drug-likeness (QED) is 0.925. The molecule has 2 aromatic rings. The number of imidazole rings is 1. The van der Waals surface area contributed by atoms with Crippen molar-refractivity contribution in [2.45, 2.75) is 25.8 Å². The molecule has 0 spiro atoms. The van der Waals surface area contributed by atoms with Crippen LogP contribution in [0.3, 0.4) is 0 Å². The van der Waals surface area contributed by atoms with E-state index in [1.807, 2.05) is 17.8 Å². The summed E-state index contributed by atoms with van der Waals surface area (Å²) < 4.78 is 7.23. The Kier molecular flexibility index (Phi) is 3.37. The number of hydrogen-bond acceptors (Lipinski definition) is 4. The molecule has 0 aliphatic heterocycles. The molecule has 1 saturated carbocycles. The number of aromatic nitrogens is 2. The van der Waals surface area contributed by atoms with Gasteiger partial charge in [-0.25, -0.2) is 4.98 Å². The predicted octanol–water partition coefficient (Wildman–Crippen LogP) is 1.56. The molecule has 1 unspecified atom stereocenters. The van der Waals surface area contributed by atoms with Crippen LogP contribution in [-0.4, -0.2) is 15.5 Å². The number of nitrogens with zero attached hydrogens (tertiary/aromatic N) is 2. The summed E-state index contributed by atoms with van der Waals surface area (Å²) in [6, 6.07) is 2.42. The van der Waals surface area contributed by atoms with Gasteiger partial charge in [-0.3, -0.25) is 9.59 Å². The Morgan fingerprint density at radius 2 is 2.24 bits per heavy atom. The second kappa shape index (κ2) is 5.20. The number of amides is 1. The van der Waals surface area contributed by atoms with Gasteiger partial charge in [0.2, 0.25) is 0 Å². The zero-order valence-corrected chi connectivity index (χ0v) is 12.0. The Morgan fingerprint density at radius 3 is 2.81 bits per heavy atom. The molecule has 1 atom stereocenters. The fourth-order valence-corrected chi connectivity index (χ4v) is 2.43. The third-order valence-corrected chi connectivity index (χ3v) is 3.63. The lowest BCUT2D eigenvalue weighted by Crippen LogP contribution is -2.32. The summed E-state index contributed by atoms with van der Waals surface area (Å²) in [6.07, 6.45) is 5.69. The van der Waals surface area contributed by atoms with Gasteiger partial charge in [-0.2, -0.15) is 0 Å². The van der Waals surface area contributed by atoms with E-state index in [2.05, 4.69) is 10.3 Å². The van der Waals surface area contributed by atoms with Crippen molar-refractivity contribution in [1.29, 1.82) is 0 Å². The van der Waals surface area contributed by atoms with Gasteiger partial charge in [0.1, 0.15) is 11.6 Å². The Hall–Kier alpha value is -2.37. The highest BCUT2D eigenvalue weighted by atomic mass is 16.3. The van der Waals surface area contributed by atoms with Crippen molar-refractivity contribution in [3.05, 3.63) is 52.1 Å². The van der Waals surface area contributed by atoms with Gasteiger partial charge in [0.15, 0.2) is 11.2 Å². The first-order valence-electron chi connectivity index (χ1n) is 6.94. The Labute approximate surface area is 121 Å². The lowest BCUT2D eigenvalue weighted by molar-refractivity contribution is 0.0896. The highest BCUT2D eigenvalue weighted by molar-refractivity contribution is 5.91. The summed E-state index contributed by atoms with van der Waals surface area (Å²) in [5.74, 6) is 1.30. The molecule has 6 nitrogen and oxygen atoms in total. The fraction of sp³-hybridized carbons (Fsp3) is 0.400. The van der Waals surface area contributed by atoms with Crippen molar-refractivity contribution < 1.29 is 9.21 Å².